The fraction of sp³-hybridized carbons (Fsp3) is 0.316. The van der Waals surface area contributed by atoms with Gasteiger partial charge in [-0.3, -0.25) is 4.79 Å². The molecule has 0 aromatic heterocycles. The molecule has 138 valence electrons. The van der Waals surface area contributed by atoms with Gasteiger partial charge in [-0.25, -0.2) is 0 Å². The van der Waals surface area contributed by atoms with Crippen molar-refractivity contribution in [1.29, 1.82) is 0 Å². The monoisotopic (exact) mass is 412 g/mol. The van der Waals surface area contributed by atoms with E-state index in [2.05, 4.69) is 5.32 Å². The summed E-state index contributed by atoms with van der Waals surface area (Å²) < 4.78 is 5.76. The first-order valence-electron chi connectivity index (χ1n) is 8.34. The molecule has 7 heteroatoms. The van der Waals surface area contributed by atoms with Gasteiger partial charge >= 0.3 is 0 Å². The van der Waals surface area contributed by atoms with E-state index >= 15 is 0 Å². The quantitative estimate of drug-likeness (QED) is 0.805. The van der Waals surface area contributed by atoms with Gasteiger partial charge in [0.25, 0.3) is 5.91 Å². The summed E-state index contributed by atoms with van der Waals surface area (Å²) in [4.78, 5) is 14.6. The SMILES string of the molecule is Cl.O=C(c1ccc(Oc2cccc(Cl)c2Cl)cc1)N1C[C@H]2CNC[C@H]2C1. The fourth-order valence-corrected chi connectivity index (χ4v) is 3.89. The van der Waals surface area contributed by atoms with Crippen molar-refractivity contribution in [3.63, 3.8) is 0 Å². The highest BCUT2D eigenvalue weighted by Crippen LogP contribution is 2.34. The molecule has 2 saturated heterocycles. The molecule has 4 rings (SSSR count). The van der Waals surface area contributed by atoms with E-state index in [1.807, 2.05) is 4.90 Å². The highest BCUT2D eigenvalue weighted by Gasteiger charge is 2.38. The third-order valence-corrected chi connectivity index (χ3v) is 5.72. The topological polar surface area (TPSA) is 41.6 Å². The molecule has 2 atom stereocenters. The van der Waals surface area contributed by atoms with Crippen molar-refractivity contribution in [2.75, 3.05) is 26.2 Å². The maximum atomic E-state index is 12.7. The van der Waals surface area contributed by atoms with Crippen LogP contribution in [0, 0.1) is 11.8 Å². The number of fused-ring (bicyclic) bond motifs is 1. The Morgan fingerprint density at radius 2 is 1.69 bits per heavy atom. The lowest BCUT2D eigenvalue weighted by Gasteiger charge is -2.17. The van der Waals surface area contributed by atoms with Crippen LogP contribution in [0.25, 0.3) is 0 Å². The first kappa shape index (κ1) is 19.3. The number of benzene rings is 2. The summed E-state index contributed by atoms with van der Waals surface area (Å²) in [6, 6.07) is 12.4. The molecule has 0 spiro atoms. The predicted molar refractivity (Wildman–Crippen MR) is 106 cm³/mol. The summed E-state index contributed by atoms with van der Waals surface area (Å²) in [7, 11) is 0. The van der Waals surface area contributed by atoms with Gasteiger partial charge in [0.05, 0.1) is 5.02 Å². The summed E-state index contributed by atoms with van der Waals surface area (Å²) >= 11 is 12.1. The molecule has 0 aliphatic carbocycles. The number of halogens is 3. The number of carbonyl (C=O) groups is 1. The van der Waals surface area contributed by atoms with Gasteiger partial charge in [-0.05, 0) is 48.2 Å². The normalized spacial score (nSPS) is 21.2. The summed E-state index contributed by atoms with van der Waals surface area (Å²) in [5, 5.41) is 4.21. The van der Waals surface area contributed by atoms with Crippen molar-refractivity contribution < 1.29 is 9.53 Å². The number of hydrogen-bond acceptors (Lipinski definition) is 3. The van der Waals surface area contributed by atoms with Crippen LogP contribution in [0.4, 0.5) is 0 Å². The van der Waals surface area contributed by atoms with Gasteiger partial charge in [-0.15, -0.1) is 12.4 Å². The van der Waals surface area contributed by atoms with Gasteiger partial charge in [0.15, 0.2) is 0 Å². The van der Waals surface area contributed by atoms with E-state index in [9.17, 15) is 4.79 Å². The molecule has 2 aromatic carbocycles. The number of amides is 1. The number of nitrogens with zero attached hydrogens (tertiary/aromatic N) is 1. The van der Waals surface area contributed by atoms with Gasteiger partial charge in [-0.1, -0.05) is 29.3 Å². The molecule has 2 aliphatic rings. The van der Waals surface area contributed by atoms with Gasteiger partial charge in [0.1, 0.15) is 16.5 Å². The van der Waals surface area contributed by atoms with Crippen molar-refractivity contribution >= 4 is 41.5 Å². The van der Waals surface area contributed by atoms with Crippen molar-refractivity contribution in [1.82, 2.24) is 10.2 Å². The summed E-state index contributed by atoms with van der Waals surface area (Å²) in [6.07, 6.45) is 0. The lowest BCUT2D eigenvalue weighted by atomic mass is 10.0. The number of likely N-dealkylation sites (tertiary alicyclic amines) is 1. The molecule has 2 fully saturated rings. The Kier molecular flexibility index (Phi) is 5.98. The summed E-state index contributed by atoms with van der Waals surface area (Å²) in [5.41, 5.74) is 0.678. The second-order valence-electron chi connectivity index (χ2n) is 6.57. The molecule has 0 unspecified atom stereocenters. The number of rotatable bonds is 3. The van der Waals surface area contributed by atoms with Gasteiger partial charge in [-0.2, -0.15) is 0 Å². The number of ether oxygens (including phenoxy) is 1. The van der Waals surface area contributed by atoms with Gasteiger partial charge < -0.3 is 15.0 Å². The Morgan fingerprint density at radius 3 is 2.35 bits per heavy atom. The van der Waals surface area contributed by atoms with Crippen LogP contribution >= 0.6 is 35.6 Å². The molecule has 2 heterocycles. The average molecular weight is 414 g/mol. The fourth-order valence-electron chi connectivity index (χ4n) is 3.56. The highest BCUT2D eigenvalue weighted by molar-refractivity contribution is 6.42. The largest absolute Gasteiger partial charge is 0.456 e. The maximum Gasteiger partial charge on any atom is 0.253 e. The highest BCUT2D eigenvalue weighted by atomic mass is 35.5. The van der Waals surface area contributed by atoms with E-state index in [1.54, 1.807) is 42.5 Å². The predicted octanol–water partition coefficient (Wildman–Crippen LogP) is 4.50. The lowest BCUT2D eigenvalue weighted by Crippen LogP contribution is -2.31. The van der Waals surface area contributed by atoms with Crippen LogP contribution in [0.15, 0.2) is 42.5 Å². The van der Waals surface area contributed by atoms with E-state index < -0.39 is 0 Å². The van der Waals surface area contributed by atoms with Crippen LogP contribution in [0.2, 0.25) is 10.0 Å². The van der Waals surface area contributed by atoms with Crippen LogP contribution in [0.3, 0.4) is 0 Å². The number of carbonyl (C=O) groups excluding carboxylic acids is 1. The summed E-state index contributed by atoms with van der Waals surface area (Å²) in [5.74, 6) is 2.38. The Morgan fingerprint density at radius 1 is 1.04 bits per heavy atom. The van der Waals surface area contributed by atoms with E-state index in [0.717, 1.165) is 26.2 Å². The summed E-state index contributed by atoms with van der Waals surface area (Å²) in [6.45, 7) is 3.71. The number of hydrogen-bond donors (Lipinski definition) is 1. The average Bonchev–Trinajstić information content (AvgIpc) is 3.21. The van der Waals surface area contributed by atoms with Crippen LogP contribution in [-0.4, -0.2) is 37.0 Å². The minimum absolute atomic E-state index is 0. The molecule has 1 amide bonds. The first-order chi connectivity index (χ1) is 12.1. The Balaban J connectivity index is 0.00000196. The van der Waals surface area contributed by atoms with Crippen molar-refractivity contribution in [3.8, 4) is 11.5 Å². The smallest absolute Gasteiger partial charge is 0.253 e. The first-order valence-corrected chi connectivity index (χ1v) is 9.09. The van der Waals surface area contributed by atoms with Crippen LogP contribution in [0.1, 0.15) is 10.4 Å². The zero-order chi connectivity index (χ0) is 17.4. The van der Waals surface area contributed by atoms with Crippen LogP contribution in [0.5, 0.6) is 11.5 Å². The van der Waals surface area contributed by atoms with Crippen LogP contribution in [-0.2, 0) is 0 Å². The van der Waals surface area contributed by atoms with E-state index in [-0.39, 0.29) is 18.3 Å². The lowest BCUT2D eigenvalue weighted by molar-refractivity contribution is 0.0781. The molecule has 0 saturated carbocycles. The van der Waals surface area contributed by atoms with Gasteiger partial charge in [0, 0.05) is 31.7 Å². The molecular formula is C19H19Cl3N2O2. The molecule has 2 aromatic rings. The second-order valence-corrected chi connectivity index (χ2v) is 7.35. The second kappa shape index (κ2) is 8.05. The third kappa shape index (κ3) is 3.79. The molecule has 1 N–H and O–H groups in total. The molecule has 0 radical (unpaired) electrons. The molecular weight excluding hydrogens is 395 g/mol. The third-order valence-electron chi connectivity index (χ3n) is 4.92. The van der Waals surface area contributed by atoms with Crippen LogP contribution < -0.4 is 10.1 Å². The Hall–Kier alpha value is -1.46. The Bertz CT molecular complexity index is 786. The van der Waals surface area contributed by atoms with Crippen molar-refractivity contribution in [3.05, 3.63) is 58.1 Å². The molecule has 0 bridgehead atoms. The van der Waals surface area contributed by atoms with E-state index in [4.69, 9.17) is 27.9 Å². The molecule has 2 aliphatic heterocycles. The Labute approximate surface area is 168 Å². The van der Waals surface area contributed by atoms with Gasteiger partial charge in [0.2, 0.25) is 0 Å². The maximum absolute atomic E-state index is 12.7. The van der Waals surface area contributed by atoms with Crippen molar-refractivity contribution in [2.45, 2.75) is 0 Å². The molecule has 26 heavy (non-hydrogen) atoms. The zero-order valence-electron chi connectivity index (χ0n) is 14.0. The van der Waals surface area contributed by atoms with E-state index in [1.165, 1.54) is 0 Å². The zero-order valence-corrected chi connectivity index (χ0v) is 16.3. The van der Waals surface area contributed by atoms with Crippen molar-refractivity contribution in [2.24, 2.45) is 11.8 Å². The van der Waals surface area contributed by atoms with E-state index in [0.29, 0.717) is 38.9 Å². The number of nitrogens with one attached hydrogen (secondary N) is 1. The standard InChI is InChI=1S/C19H18Cl2N2O2.ClH/c20-16-2-1-3-17(18(16)21)25-15-6-4-12(5-7-15)19(24)23-10-13-8-22-9-14(13)11-23;/h1-7,13-14,22H,8-11H2;1H/t13-,14+;. The molecule has 4 nitrogen and oxygen atoms in total. The minimum atomic E-state index is 0. The minimum Gasteiger partial charge on any atom is -0.456 e.